The first-order chi connectivity index (χ1) is 11.1. The third-order valence-electron chi connectivity index (χ3n) is 3.54. The number of nitrogens with one attached hydrogen (secondary N) is 1. The highest BCUT2D eigenvalue weighted by Crippen LogP contribution is 2.15. The van der Waals surface area contributed by atoms with Gasteiger partial charge in [0.2, 0.25) is 0 Å². The SMILES string of the molecule is CN(Cc1ccco1)C(=O)c1ccc(-c2ccccc2)[nH]c1=O. The van der Waals surface area contributed by atoms with Crippen molar-refractivity contribution in [3.8, 4) is 11.3 Å². The first kappa shape index (κ1) is 14.8. The average Bonchev–Trinajstić information content (AvgIpc) is 3.08. The van der Waals surface area contributed by atoms with Crippen LogP contribution in [0.2, 0.25) is 0 Å². The molecule has 0 unspecified atom stereocenters. The van der Waals surface area contributed by atoms with E-state index in [1.807, 2.05) is 30.3 Å². The van der Waals surface area contributed by atoms with Crippen molar-refractivity contribution in [2.75, 3.05) is 7.05 Å². The molecule has 2 aromatic heterocycles. The van der Waals surface area contributed by atoms with Gasteiger partial charge in [0, 0.05) is 12.7 Å². The molecule has 1 N–H and O–H groups in total. The van der Waals surface area contributed by atoms with Crippen molar-refractivity contribution < 1.29 is 9.21 Å². The molecule has 3 rings (SSSR count). The minimum absolute atomic E-state index is 0.110. The first-order valence-electron chi connectivity index (χ1n) is 7.22. The Morgan fingerprint density at radius 2 is 1.87 bits per heavy atom. The van der Waals surface area contributed by atoms with E-state index in [-0.39, 0.29) is 11.5 Å². The lowest BCUT2D eigenvalue weighted by atomic mass is 10.1. The third kappa shape index (κ3) is 3.23. The summed E-state index contributed by atoms with van der Waals surface area (Å²) in [6.07, 6.45) is 1.55. The zero-order valence-electron chi connectivity index (χ0n) is 12.7. The number of hydrogen-bond donors (Lipinski definition) is 1. The van der Waals surface area contributed by atoms with Crippen molar-refractivity contribution in [1.29, 1.82) is 0 Å². The molecule has 116 valence electrons. The van der Waals surface area contributed by atoms with Crippen LogP contribution in [0.5, 0.6) is 0 Å². The van der Waals surface area contributed by atoms with Gasteiger partial charge in [-0.05, 0) is 29.8 Å². The van der Waals surface area contributed by atoms with Crippen LogP contribution in [0.25, 0.3) is 11.3 Å². The fourth-order valence-corrected chi connectivity index (χ4v) is 2.34. The zero-order chi connectivity index (χ0) is 16.2. The van der Waals surface area contributed by atoms with Gasteiger partial charge in [0.25, 0.3) is 11.5 Å². The number of nitrogens with zero attached hydrogens (tertiary/aromatic N) is 1. The van der Waals surface area contributed by atoms with Gasteiger partial charge in [0.15, 0.2) is 0 Å². The molecule has 1 amide bonds. The van der Waals surface area contributed by atoms with Crippen LogP contribution in [0.1, 0.15) is 16.1 Å². The number of aromatic amines is 1. The fourth-order valence-electron chi connectivity index (χ4n) is 2.34. The van der Waals surface area contributed by atoms with E-state index in [1.54, 1.807) is 37.6 Å². The predicted octanol–water partition coefficient (Wildman–Crippen LogP) is 2.91. The summed E-state index contributed by atoms with van der Waals surface area (Å²) in [7, 11) is 1.63. The molecule has 5 nitrogen and oxygen atoms in total. The number of aromatic nitrogens is 1. The quantitative estimate of drug-likeness (QED) is 0.806. The lowest BCUT2D eigenvalue weighted by Crippen LogP contribution is -2.31. The minimum atomic E-state index is -0.400. The molecule has 23 heavy (non-hydrogen) atoms. The molecule has 1 aromatic carbocycles. The zero-order valence-corrected chi connectivity index (χ0v) is 12.7. The molecule has 0 aliphatic carbocycles. The maximum Gasteiger partial charge on any atom is 0.261 e. The second-order valence-corrected chi connectivity index (χ2v) is 5.22. The van der Waals surface area contributed by atoms with E-state index in [4.69, 9.17) is 4.42 Å². The van der Waals surface area contributed by atoms with Crippen LogP contribution in [0.3, 0.4) is 0 Å². The Morgan fingerprint density at radius 3 is 2.52 bits per heavy atom. The molecule has 0 spiro atoms. The van der Waals surface area contributed by atoms with E-state index in [2.05, 4.69) is 4.98 Å². The standard InChI is InChI=1S/C18H16N2O3/c1-20(12-14-8-5-11-23-14)18(22)15-9-10-16(19-17(15)21)13-6-3-2-4-7-13/h2-11H,12H2,1H3,(H,19,21). The number of H-pyrrole nitrogens is 1. The summed E-state index contributed by atoms with van der Waals surface area (Å²) >= 11 is 0. The molecular formula is C18H16N2O3. The van der Waals surface area contributed by atoms with Crippen LogP contribution in [0.15, 0.2) is 70.1 Å². The molecule has 0 aliphatic heterocycles. The molecular weight excluding hydrogens is 292 g/mol. The lowest BCUT2D eigenvalue weighted by Gasteiger charge is -2.15. The maximum absolute atomic E-state index is 12.4. The van der Waals surface area contributed by atoms with Crippen LogP contribution in [-0.2, 0) is 6.54 Å². The van der Waals surface area contributed by atoms with E-state index >= 15 is 0 Å². The van der Waals surface area contributed by atoms with Crippen molar-refractivity contribution >= 4 is 5.91 Å². The average molecular weight is 308 g/mol. The maximum atomic E-state index is 12.4. The van der Waals surface area contributed by atoms with E-state index in [0.29, 0.717) is 18.0 Å². The van der Waals surface area contributed by atoms with Crippen molar-refractivity contribution in [1.82, 2.24) is 9.88 Å². The molecule has 5 heteroatoms. The lowest BCUT2D eigenvalue weighted by molar-refractivity contribution is 0.0773. The number of pyridine rings is 1. The fraction of sp³-hybridized carbons (Fsp3) is 0.111. The Morgan fingerprint density at radius 1 is 1.09 bits per heavy atom. The van der Waals surface area contributed by atoms with Crippen molar-refractivity contribution in [3.05, 3.63) is 82.5 Å². The van der Waals surface area contributed by atoms with E-state index in [0.717, 1.165) is 5.56 Å². The number of benzene rings is 1. The molecule has 2 heterocycles. The molecule has 0 atom stereocenters. The highest BCUT2D eigenvalue weighted by atomic mass is 16.3. The van der Waals surface area contributed by atoms with Crippen LogP contribution >= 0.6 is 0 Å². The van der Waals surface area contributed by atoms with Crippen LogP contribution in [0.4, 0.5) is 0 Å². The largest absolute Gasteiger partial charge is 0.467 e. The minimum Gasteiger partial charge on any atom is -0.467 e. The molecule has 0 fully saturated rings. The number of furan rings is 1. The number of amides is 1. The summed E-state index contributed by atoms with van der Waals surface area (Å²) < 4.78 is 5.22. The van der Waals surface area contributed by atoms with Crippen molar-refractivity contribution in [2.45, 2.75) is 6.54 Å². The third-order valence-corrected chi connectivity index (χ3v) is 3.54. The topological polar surface area (TPSA) is 66.3 Å². The van der Waals surface area contributed by atoms with Gasteiger partial charge in [0.05, 0.1) is 12.8 Å². The molecule has 0 saturated carbocycles. The van der Waals surface area contributed by atoms with Crippen molar-refractivity contribution in [2.24, 2.45) is 0 Å². The Bertz CT molecular complexity index is 851. The molecule has 0 bridgehead atoms. The highest BCUT2D eigenvalue weighted by molar-refractivity contribution is 5.93. The van der Waals surface area contributed by atoms with Gasteiger partial charge in [-0.25, -0.2) is 0 Å². The Kier molecular flexibility index (Phi) is 4.10. The first-order valence-corrected chi connectivity index (χ1v) is 7.22. The molecule has 0 saturated heterocycles. The van der Waals surface area contributed by atoms with Gasteiger partial charge in [0.1, 0.15) is 11.3 Å². The van der Waals surface area contributed by atoms with Gasteiger partial charge < -0.3 is 14.3 Å². The van der Waals surface area contributed by atoms with E-state index in [9.17, 15) is 9.59 Å². The van der Waals surface area contributed by atoms with E-state index in [1.165, 1.54) is 4.90 Å². The van der Waals surface area contributed by atoms with Gasteiger partial charge in [-0.15, -0.1) is 0 Å². The van der Waals surface area contributed by atoms with Gasteiger partial charge in [-0.1, -0.05) is 30.3 Å². The van der Waals surface area contributed by atoms with E-state index < -0.39 is 5.56 Å². The van der Waals surface area contributed by atoms with Gasteiger partial charge >= 0.3 is 0 Å². The number of rotatable bonds is 4. The Labute approximate surface area is 133 Å². The molecule has 0 aliphatic rings. The monoisotopic (exact) mass is 308 g/mol. The number of carbonyl (C=O) groups is 1. The summed E-state index contributed by atoms with van der Waals surface area (Å²) in [5, 5.41) is 0. The van der Waals surface area contributed by atoms with Gasteiger partial charge in [-0.3, -0.25) is 9.59 Å². The van der Waals surface area contributed by atoms with Crippen molar-refractivity contribution in [3.63, 3.8) is 0 Å². The number of hydrogen-bond acceptors (Lipinski definition) is 3. The second-order valence-electron chi connectivity index (χ2n) is 5.22. The van der Waals surface area contributed by atoms with Crippen LogP contribution in [0, 0.1) is 0 Å². The van der Waals surface area contributed by atoms with Crippen LogP contribution in [-0.4, -0.2) is 22.8 Å². The molecule has 3 aromatic rings. The number of carbonyl (C=O) groups excluding carboxylic acids is 1. The Hall–Kier alpha value is -3.08. The second kappa shape index (κ2) is 6.36. The summed E-state index contributed by atoms with van der Waals surface area (Å²) in [6.45, 7) is 0.311. The Balaban J connectivity index is 1.83. The normalized spacial score (nSPS) is 10.5. The highest BCUT2D eigenvalue weighted by Gasteiger charge is 2.17. The van der Waals surface area contributed by atoms with Gasteiger partial charge in [-0.2, -0.15) is 0 Å². The summed E-state index contributed by atoms with van der Waals surface area (Å²) in [4.78, 5) is 28.8. The van der Waals surface area contributed by atoms with Crippen LogP contribution < -0.4 is 5.56 Å². The predicted molar refractivity (Wildman–Crippen MR) is 87.0 cm³/mol. The summed E-state index contributed by atoms with van der Waals surface area (Å²) in [6, 6.07) is 16.3. The molecule has 0 radical (unpaired) electrons. The summed E-state index contributed by atoms with van der Waals surface area (Å²) in [5.41, 5.74) is 1.29. The smallest absolute Gasteiger partial charge is 0.261 e. The summed E-state index contributed by atoms with van der Waals surface area (Å²) in [5.74, 6) is 0.320.